The Balaban J connectivity index is 1.97. The minimum absolute atomic E-state index is 0.139. The second-order valence-corrected chi connectivity index (χ2v) is 7.02. The maximum absolute atomic E-state index is 9.87. The molecule has 0 unspecified atom stereocenters. The lowest BCUT2D eigenvalue weighted by atomic mass is 9.61. The molecule has 1 aromatic rings. The minimum atomic E-state index is -0.139. The zero-order valence-electron chi connectivity index (χ0n) is 11.5. The van der Waals surface area contributed by atoms with Crippen LogP contribution < -0.4 is 5.32 Å². The van der Waals surface area contributed by atoms with E-state index in [-0.39, 0.29) is 11.5 Å². The van der Waals surface area contributed by atoms with Gasteiger partial charge in [-0.25, -0.2) is 0 Å². The fourth-order valence-corrected chi connectivity index (χ4v) is 4.28. The first kappa shape index (κ1) is 14.6. The fourth-order valence-electron chi connectivity index (χ4n) is 3.98. The van der Waals surface area contributed by atoms with Crippen molar-refractivity contribution in [3.8, 4) is 0 Å². The first-order valence-corrected chi connectivity index (χ1v) is 8.22. The number of aliphatic hydroxyl groups excluding tert-OH is 1. The minimum Gasteiger partial charge on any atom is -0.393 e. The zero-order chi connectivity index (χ0) is 14.2. The summed E-state index contributed by atoms with van der Waals surface area (Å²) in [5.41, 5.74) is 1.45. The molecular weight excluding hydrogens is 293 g/mol. The lowest BCUT2D eigenvalue weighted by Crippen LogP contribution is -2.41. The van der Waals surface area contributed by atoms with Gasteiger partial charge in [0.15, 0.2) is 0 Å². The summed E-state index contributed by atoms with van der Waals surface area (Å²) in [5.74, 6) is 0.632. The summed E-state index contributed by atoms with van der Waals surface area (Å²) in [7, 11) is 0. The van der Waals surface area contributed by atoms with E-state index in [2.05, 4.69) is 11.4 Å². The van der Waals surface area contributed by atoms with E-state index in [1.54, 1.807) is 0 Å². The average Bonchev–Trinajstić information content (AvgIpc) is 2.98. The first-order chi connectivity index (χ1) is 9.62. The second kappa shape index (κ2) is 5.84. The summed E-state index contributed by atoms with van der Waals surface area (Å²) >= 11 is 12.3. The number of halogens is 2. The maximum atomic E-state index is 9.87. The predicted octanol–water partition coefficient (Wildman–Crippen LogP) is 3.78. The monoisotopic (exact) mass is 313 g/mol. The van der Waals surface area contributed by atoms with Crippen LogP contribution in [0.1, 0.15) is 37.7 Å². The standard InChI is InChI=1S/C16H21Cl2NO/c17-14-2-1-11(9-15(14)18)16(12-5-8-19-10-12)6-3-13(20)4-7-16/h1-2,9,12-13,19-20H,3-8,10H2/t12-,13-,16-/m1/s1. The van der Waals surface area contributed by atoms with Gasteiger partial charge >= 0.3 is 0 Å². The van der Waals surface area contributed by atoms with Gasteiger partial charge < -0.3 is 10.4 Å². The van der Waals surface area contributed by atoms with E-state index < -0.39 is 0 Å². The summed E-state index contributed by atoms with van der Waals surface area (Å²) in [6.07, 6.45) is 4.92. The number of nitrogens with one attached hydrogen (secondary N) is 1. The Labute approximate surface area is 130 Å². The Hall–Kier alpha value is -0.280. The Morgan fingerprint density at radius 3 is 2.45 bits per heavy atom. The molecule has 2 aliphatic rings. The lowest BCUT2D eigenvalue weighted by molar-refractivity contribution is 0.0745. The molecule has 3 rings (SSSR count). The predicted molar refractivity (Wildman–Crippen MR) is 83.6 cm³/mol. The van der Waals surface area contributed by atoms with E-state index in [4.69, 9.17) is 23.2 Å². The largest absolute Gasteiger partial charge is 0.393 e. The van der Waals surface area contributed by atoms with Gasteiger partial charge in [-0.05, 0) is 74.2 Å². The Morgan fingerprint density at radius 2 is 1.85 bits per heavy atom. The van der Waals surface area contributed by atoms with Crippen molar-refractivity contribution in [3.05, 3.63) is 33.8 Å². The number of benzene rings is 1. The van der Waals surface area contributed by atoms with Crippen molar-refractivity contribution in [1.82, 2.24) is 5.32 Å². The third kappa shape index (κ3) is 2.59. The van der Waals surface area contributed by atoms with Crippen molar-refractivity contribution >= 4 is 23.2 Å². The molecule has 2 nitrogen and oxygen atoms in total. The van der Waals surface area contributed by atoms with Crippen LogP contribution in [0.25, 0.3) is 0 Å². The van der Waals surface area contributed by atoms with E-state index in [0.717, 1.165) is 38.8 Å². The molecule has 0 aromatic heterocycles. The van der Waals surface area contributed by atoms with Crippen LogP contribution in [0, 0.1) is 5.92 Å². The number of rotatable bonds is 2. The van der Waals surface area contributed by atoms with Crippen molar-refractivity contribution < 1.29 is 5.11 Å². The number of hydrogen-bond acceptors (Lipinski definition) is 2. The normalized spacial score (nSPS) is 34.4. The number of hydrogen-bond donors (Lipinski definition) is 2. The van der Waals surface area contributed by atoms with Crippen LogP contribution in [0.2, 0.25) is 10.0 Å². The fraction of sp³-hybridized carbons (Fsp3) is 0.625. The summed E-state index contributed by atoms with van der Waals surface area (Å²) in [6.45, 7) is 2.16. The summed E-state index contributed by atoms with van der Waals surface area (Å²) < 4.78 is 0. The van der Waals surface area contributed by atoms with Gasteiger partial charge in [0.2, 0.25) is 0 Å². The van der Waals surface area contributed by atoms with Crippen LogP contribution in [-0.2, 0) is 5.41 Å². The van der Waals surface area contributed by atoms with Gasteiger partial charge in [0, 0.05) is 0 Å². The summed E-state index contributed by atoms with van der Waals surface area (Å²) in [4.78, 5) is 0. The third-order valence-electron chi connectivity index (χ3n) is 5.18. The SMILES string of the molecule is O[C@H]1CC[C@](c2ccc(Cl)c(Cl)c2)([C@@H]2CCNC2)CC1. The molecule has 2 N–H and O–H groups in total. The molecule has 2 fully saturated rings. The van der Waals surface area contributed by atoms with Crippen molar-refractivity contribution in [3.63, 3.8) is 0 Å². The van der Waals surface area contributed by atoms with E-state index in [0.29, 0.717) is 16.0 Å². The van der Waals surface area contributed by atoms with Crippen LogP contribution in [0.3, 0.4) is 0 Å². The second-order valence-electron chi connectivity index (χ2n) is 6.21. The molecule has 1 atom stereocenters. The smallest absolute Gasteiger partial charge is 0.0595 e. The highest BCUT2D eigenvalue weighted by Gasteiger charge is 2.43. The molecular formula is C16H21Cl2NO. The van der Waals surface area contributed by atoms with Crippen molar-refractivity contribution in [2.24, 2.45) is 5.92 Å². The highest BCUT2D eigenvalue weighted by Crippen LogP contribution is 2.48. The quantitative estimate of drug-likeness (QED) is 0.871. The molecule has 4 heteroatoms. The van der Waals surface area contributed by atoms with E-state index >= 15 is 0 Å². The topological polar surface area (TPSA) is 32.3 Å². The van der Waals surface area contributed by atoms with Crippen LogP contribution in [0.4, 0.5) is 0 Å². The average molecular weight is 314 g/mol. The van der Waals surface area contributed by atoms with Crippen LogP contribution in [-0.4, -0.2) is 24.3 Å². The van der Waals surface area contributed by atoms with Gasteiger partial charge in [-0.15, -0.1) is 0 Å². The van der Waals surface area contributed by atoms with Gasteiger partial charge in [-0.2, -0.15) is 0 Å². The van der Waals surface area contributed by atoms with E-state index in [9.17, 15) is 5.11 Å². The molecule has 1 aromatic carbocycles. The van der Waals surface area contributed by atoms with Gasteiger partial charge in [0.05, 0.1) is 16.1 Å². The highest BCUT2D eigenvalue weighted by atomic mass is 35.5. The van der Waals surface area contributed by atoms with Crippen LogP contribution in [0.5, 0.6) is 0 Å². The molecule has 1 heterocycles. The van der Waals surface area contributed by atoms with Gasteiger partial charge in [0.25, 0.3) is 0 Å². The number of aliphatic hydroxyl groups is 1. The van der Waals surface area contributed by atoms with Crippen molar-refractivity contribution in [2.75, 3.05) is 13.1 Å². The van der Waals surface area contributed by atoms with Crippen LogP contribution >= 0.6 is 23.2 Å². The first-order valence-electron chi connectivity index (χ1n) is 7.46. The van der Waals surface area contributed by atoms with Crippen LogP contribution in [0.15, 0.2) is 18.2 Å². The molecule has 0 bridgehead atoms. The third-order valence-corrected chi connectivity index (χ3v) is 5.92. The maximum Gasteiger partial charge on any atom is 0.0595 e. The van der Waals surface area contributed by atoms with Gasteiger partial charge in [-0.3, -0.25) is 0 Å². The lowest BCUT2D eigenvalue weighted by Gasteiger charge is -2.44. The van der Waals surface area contributed by atoms with E-state index in [1.165, 1.54) is 12.0 Å². The van der Waals surface area contributed by atoms with Crippen molar-refractivity contribution in [1.29, 1.82) is 0 Å². The molecule has 20 heavy (non-hydrogen) atoms. The Kier molecular flexibility index (Phi) is 4.28. The summed E-state index contributed by atoms with van der Waals surface area (Å²) in [5, 5.41) is 14.6. The zero-order valence-corrected chi connectivity index (χ0v) is 13.1. The van der Waals surface area contributed by atoms with Crippen molar-refractivity contribution in [2.45, 2.75) is 43.6 Å². The Bertz CT molecular complexity index is 477. The molecule has 110 valence electrons. The van der Waals surface area contributed by atoms with E-state index in [1.807, 2.05) is 12.1 Å². The van der Waals surface area contributed by atoms with Gasteiger partial charge in [0.1, 0.15) is 0 Å². The molecule has 0 spiro atoms. The molecule has 1 saturated carbocycles. The highest BCUT2D eigenvalue weighted by molar-refractivity contribution is 6.42. The molecule has 0 amide bonds. The Morgan fingerprint density at radius 1 is 1.10 bits per heavy atom. The molecule has 1 aliphatic carbocycles. The molecule has 0 radical (unpaired) electrons. The molecule has 1 saturated heterocycles. The summed E-state index contributed by atoms with van der Waals surface area (Å²) in [6, 6.07) is 6.08. The van der Waals surface area contributed by atoms with Gasteiger partial charge in [-0.1, -0.05) is 29.3 Å². The molecule has 1 aliphatic heterocycles.